The summed E-state index contributed by atoms with van der Waals surface area (Å²) in [4.78, 5) is 0. The summed E-state index contributed by atoms with van der Waals surface area (Å²) in [6.07, 6.45) is -4.46. The molecule has 3 N–H and O–H groups in total. The lowest BCUT2D eigenvalue weighted by Crippen LogP contribution is -2.29. The van der Waals surface area contributed by atoms with E-state index in [-0.39, 0.29) is 10.6 Å². The van der Waals surface area contributed by atoms with E-state index < -0.39 is 23.6 Å². The molecule has 0 radical (unpaired) electrons. The lowest BCUT2D eigenvalue weighted by atomic mass is 9.97. The van der Waals surface area contributed by atoms with Crippen LogP contribution < -0.4 is 11.3 Å². The summed E-state index contributed by atoms with van der Waals surface area (Å²) in [5, 5.41) is -0.0708. The smallest absolute Gasteiger partial charge is 0.271 e. The van der Waals surface area contributed by atoms with Gasteiger partial charge in [-0.05, 0) is 35.4 Å². The summed E-state index contributed by atoms with van der Waals surface area (Å²) in [7, 11) is 0. The summed E-state index contributed by atoms with van der Waals surface area (Å²) < 4.78 is 51.7. The number of rotatable bonds is 3. The SMILES string of the molecule is NNC(c1cccc(C(F)(F)F)c1)c1ccc(Cl)c(F)c1. The molecule has 0 fully saturated rings. The van der Waals surface area contributed by atoms with E-state index in [1.54, 1.807) is 0 Å². The maximum Gasteiger partial charge on any atom is 0.416 e. The third-order valence-electron chi connectivity index (χ3n) is 2.99. The minimum absolute atomic E-state index is 0.0708. The molecule has 7 heteroatoms. The molecular weight excluding hydrogens is 308 g/mol. The van der Waals surface area contributed by atoms with Crippen LogP contribution in [-0.4, -0.2) is 0 Å². The number of halogens is 5. The van der Waals surface area contributed by atoms with E-state index in [4.69, 9.17) is 17.4 Å². The van der Waals surface area contributed by atoms with Gasteiger partial charge in [-0.1, -0.05) is 29.8 Å². The van der Waals surface area contributed by atoms with Crippen LogP contribution in [0.4, 0.5) is 17.6 Å². The average molecular weight is 319 g/mol. The van der Waals surface area contributed by atoms with E-state index in [0.717, 1.165) is 18.2 Å². The first-order valence-electron chi connectivity index (χ1n) is 5.91. The van der Waals surface area contributed by atoms with Crippen LogP contribution in [0.5, 0.6) is 0 Å². The third kappa shape index (κ3) is 3.53. The van der Waals surface area contributed by atoms with Crippen LogP contribution in [0.1, 0.15) is 22.7 Å². The summed E-state index contributed by atoms with van der Waals surface area (Å²) in [6, 6.07) is 7.85. The lowest BCUT2D eigenvalue weighted by molar-refractivity contribution is -0.137. The Hall–Kier alpha value is -1.63. The quantitative estimate of drug-likeness (QED) is 0.509. The highest BCUT2D eigenvalue weighted by Crippen LogP contribution is 2.32. The highest BCUT2D eigenvalue weighted by atomic mass is 35.5. The van der Waals surface area contributed by atoms with Crippen molar-refractivity contribution >= 4 is 11.6 Å². The predicted molar refractivity (Wildman–Crippen MR) is 72.0 cm³/mol. The van der Waals surface area contributed by atoms with E-state index in [1.807, 2.05) is 0 Å². The van der Waals surface area contributed by atoms with Crippen molar-refractivity contribution in [2.45, 2.75) is 12.2 Å². The van der Waals surface area contributed by atoms with Gasteiger partial charge in [0.25, 0.3) is 0 Å². The fourth-order valence-electron chi connectivity index (χ4n) is 1.97. The fraction of sp³-hybridized carbons (Fsp3) is 0.143. The number of alkyl halides is 3. The van der Waals surface area contributed by atoms with Crippen LogP contribution in [-0.2, 0) is 6.18 Å². The molecule has 0 amide bonds. The van der Waals surface area contributed by atoms with Crippen molar-refractivity contribution < 1.29 is 17.6 Å². The van der Waals surface area contributed by atoms with Gasteiger partial charge in [0.05, 0.1) is 16.6 Å². The molecule has 2 aromatic rings. The van der Waals surface area contributed by atoms with Gasteiger partial charge in [-0.2, -0.15) is 13.2 Å². The highest BCUT2D eigenvalue weighted by Gasteiger charge is 2.31. The van der Waals surface area contributed by atoms with Crippen molar-refractivity contribution in [3.8, 4) is 0 Å². The second-order valence-electron chi connectivity index (χ2n) is 4.40. The minimum atomic E-state index is -4.46. The minimum Gasteiger partial charge on any atom is -0.271 e. The zero-order valence-corrected chi connectivity index (χ0v) is 11.3. The number of hydrogen-bond acceptors (Lipinski definition) is 2. The molecule has 0 aromatic heterocycles. The number of hydrazine groups is 1. The van der Waals surface area contributed by atoms with Gasteiger partial charge in [0.1, 0.15) is 5.82 Å². The zero-order chi connectivity index (χ0) is 15.6. The molecular formula is C14H11ClF4N2. The number of nitrogens with two attached hydrogens (primary N) is 1. The Morgan fingerprint density at radius 1 is 1.05 bits per heavy atom. The number of hydrogen-bond donors (Lipinski definition) is 2. The average Bonchev–Trinajstić information content (AvgIpc) is 2.43. The lowest BCUT2D eigenvalue weighted by Gasteiger charge is -2.18. The Balaban J connectivity index is 2.44. The molecule has 21 heavy (non-hydrogen) atoms. The molecule has 0 saturated heterocycles. The second kappa shape index (κ2) is 6.01. The van der Waals surface area contributed by atoms with Crippen LogP contribution in [0, 0.1) is 5.82 Å². The summed E-state index contributed by atoms with van der Waals surface area (Å²) in [5.74, 6) is 4.73. The summed E-state index contributed by atoms with van der Waals surface area (Å²) >= 11 is 5.58. The van der Waals surface area contributed by atoms with E-state index in [2.05, 4.69) is 5.43 Å². The van der Waals surface area contributed by atoms with Crippen LogP contribution in [0.2, 0.25) is 5.02 Å². The maximum absolute atomic E-state index is 13.5. The monoisotopic (exact) mass is 318 g/mol. The molecule has 0 spiro atoms. The van der Waals surface area contributed by atoms with Crippen molar-refractivity contribution in [3.63, 3.8) is 0 Å². The molecule has 0 aliphatic rings. The molecule has 0 aliphatic heterocycles. The van der Waals surface area contributed by atoms with Gasteiger partial charge < -0.3 is 0 Å². The van der Waals surface area contributed by atoms with Gasteiger partial charge in [0.2, 0.25) is 0 Å². The van der Waals surface area contributed by atoms with Gasteiger partial charge >= 0.3 is 6.18 Å². The van der Waals surface area contributed by atoms with Gasteiger partial charge in [0.15, 0.2) is 0 Å². The highest BCUT2D eigenvalue weighted by molar-refractivity contribution is 6.30. The van der Waals surface area contributed by atoms with E-state index in [0.29, 0.717) is 5.56 Å². The van der Waals surface area contributed by atoms with Crippen LogP contribution in [0.3, 0.4) is 0 Å². The van der Waals surface area contributed by atoms with Crippen molar-refractivity contribution in [3.05, 3.63) is 70.0 Å². The van der Waals surface area contributed by atoms with Crippen LogP contribution >= 0.6 is 11.6 Å². The molecule has 0 aliphatic carbocycles. The van der Waals surface area contributed by atoms with Crippen LogP contribution in [0.25, 0.3) is 0 Å². The van der Waals surface area contributed by atoms with Gasteiger partial charge in [-0.25, -0.2) is 9.82 Å². The van der Waals surface area contributed by atoms with Crippen molar-refractivity contribution in [1.29, 1.82) is 0 Å². The largest absolute Gasteiger partial charge is 0.416 e. The predicted octanol–water partition coefficient (Wildman–Crippen LogP) is 4.05. The maximum atomic E-state index is 13.5. The van der Waals surface area contributed by atoms with Crippen LogP contribution in [0.15, 0.2) is 42.5 Å². The molecule has 2 aromatic carbocycles. The van der Waals surface area contributed by atoms with Gasteiger partial charge in [-0.15, -0.1) is 0 Å². The molecule has 2 nitrogen and oxygen atoms in total. The van der Waals surface area contributed by atoms with E-state index in [9.17, 15) is 17.6 Å². The molecule has 1 unspecified atom stereocenters. The molecule has 0 saturated carbocycles. The Labute approximate surface area is 123 Å². The zero-order valence-electron chi connectivity index (χ0n) is 10.6. The normalized spacial score (nSPS) is 13.2. The molecule has 0 heterocycles. The third-order valence-corrected chi connectivity index (χ3v) is 3.30. The van der Waals surface area contributed by atoms with Gasteiger partial charge in [-0.3, -0.25) is 5.84 Å². The Bertz CT molecular complexity index is 643. The van der Waals surface area contributed by atoms with Crippen molar-refractivity contribution in [1.82, 2.24) is 5.43 Å². The molecule has 2 rings (SSSR count). The fourth-order valence-corrected chi connectivity index (χ4v) is 2.09. The summed E-state index contributed by atoms with van der Waals surface area (Å²) in [5.41, 5.74) is 2.23. The molecule has 1 atom stereocenters. The number of benzene rings is 2. The first-order chi connectivity index (χ1) is 9.82. The summed E-state index contributed by atoms with van der Waals surface area (Å²) in [6.45, 7) is 0. The Morgan fingerprint density at radius 3 is 2.29 bits per heavy atom. The van der Waals surface area contributed by atoms with Crippen molar-refractivity contribution in [2.75, 3.05) is 0 Å². The van der Waals surface area contributed by atoms with Crippen molar-refractivity contribution in [2.24, 2.45) is 5.84 Å². The topological polar surface area (TPSA) is 38.0 Å². The molecule has 0 bridgehead atoms. The molecule has 112 valence electrons. The van der Waals surface area contributed by atoms with E-state index in [1.165, 1.54) is 24.3 Å². The Kier molecular flexibility index (Phi) is 4.51. The first kappa shape index (κ1) is 15.8. The Morgan fingerprint density at radius 2 is 1.71 bits per heavy atom. The standard InChI is InChI=1S/C14H11ClF4N2/c15-11-5-4-9(7-12(11)16)13(21-20)8-2-1-3-10(6-8)14(17,18)19/h1-7,13,21H,20H2. The van der Waals surface area contributed by atoms with E-state index >= 15 is 0 Å². The van der Waals surface area contributed by atoms with Gasteiger partial charge in [0, 0.05) is 0 Å². The second-order valence-corrected chi connectivity index (χ2v) is 4.80. The number of nitrogens with one attached hydrogen (secondary N) is 1. The first-order valence-corrected chi connectivity index (χ1v) is 6.29.